The molecule has 0 saturated heterocycles. The van der Waals surface area contributed by atoms with Crippen molar-refractivity contribution in [3.63, 3.8) is 0 Å². The average molecular weight is 716 g/mol. The number of rotatable bonds is 4. The molecule has 6 heteroatoms. The summed E-state index contributed by atoms with van der Waals surface area (Å²) in [5, 5.41) is 8.96. The third-order valence-electron chi connectivity index (χ3n) is 11.0. The van der Waals surface area contributed by atoms with E-state index in [-0.39, 0.29) is 0 Å². The first-order chi connectivity index (χ1) is 27.7. The van der Waals surface area contributed by atoms with Crippen LogP contribution in [0.3, 0.4) is 0 Å². The van der Waals surface area contributed by atoms with Crippen LogP contribution in [-0.2, 0) is 0 Å². The van der Waals surface area contributed by atoms with Crippen molar-refractivity contribution < 1.29 is 4.42 Å². The molecule has 12 rings (SSSR count). The van der Waals surface area contributed by atoms with Gasteiger partial charge in [-0.1, -0.05) is 146 Å². The molecule has 6 nitrogen and oxygen atoms in total. The van der Waals surface area contributed by atoms with Crippen LogP contribution in [0.5, 0.6) is 0 Å². The van der Waals surface area contributed by atoms with E-state index in [0.29, 0.717) is 17.5 Å². The van der Waals surface area contributed by atoms with Gasteiger partial charge in [0.2, 0.25) is 0 Å². The van der Waals surface area contributed by atoms with Crippen molar-refractivity contribution in [2.24, 2.45) is 0 Å². The summed E-state index contributed by atoms with van der Waals surface area (Å²) < 4.78 is 8.53. The normalized spacial score (nSPS) is 11.9. The highest BCUT2D eigenvalue weighted by molar-refractivity contribution is 6.25. The lowest BCUT2D eigenvalue weighted by Crippen LogP contribution is -2.00. The SMILES string of the molecule is c1ccc(-c2nc(-c3ccccc3)nc(-c3ccc(-c4ccc5c(c4)c4ccccc4c4nc6cc7c(cn6c54)oc4ccccc47)c4ccccc34)n2)cc1. The predicted octanol–water partition coefficient (Wildman–Crippen LogP) is 12.7. The van der Waals surface area contributed by atoms with Crippen LogP contribution in [0.2, 0.25) is 0 Å². The fraction of sp³-hybridized carbons (Fsp3) is 0. The van der Waals surface area contributed by atoms with Gasteiger partial charge in [0.25, 0.3) is 0 Å². The molecule has 0 unspecified atom stereocenters. The number of para-hydroxylation sites is 1. The number of nitrogens with zero attached hydrogens (tertiary/aromatic N) is 5. The number of furan rings is 1. The molecule has 0 fully saturated rings. The third-order valence-corrected chi connectivity index (χ3v) is 11.0. The standard InChI is InChI=1S/C50H29N5O/c1-3-13-30(14-4-1)48-52-49(31-15-5-2-6-16-31)54-50(53-48)40-26-25-33(34-17-7-8-18-35(34)40)32-23-24-39-41(27-32)36-19-9-10-21-38(36)46-47(39)55-29-44-42(28-45(55)51-46)37-20-11-12-22-43(37)56-44/h1-29H. The highest BCUT2D eigenvalue weighted by Crippen LogP contribution is 2.41. The molecule has 0 amide bonds. The molecule has 0 saturated carbocycles. The van der Waals surface area contributed by atoms with E-state index >= 15 is 0 Å². The second kappa shape index (κ2) is 11.9. The summed E-state index contributed by atoms with van der Waals surface area (Å²) in [7, 11) is 0. The monoisotopic (exact) mass is 715 g/mol. The molecule has 12 aromatic rings. The molecule has 0 N–H and O–H groups in total. The number of imidazole rings is 1. The van der Waals surface area contributed by atoms with Crippen LogP contribution in [0.25, 0.3) is 116 Å². The van der Waals surface area contributed by atoms with Gasteiger partial charge in [0.1, 0.15) is 11.2 Å². The molecule has 0 radical (unpaired) electrons. The van der Waals surface area contributed by atoms with Crippen LogP contribution in [-0.4, -0.2) is 24.3 Å². The van der Waals surface area contributed by atoms with E-state index < -0.39 is 0 Å². The first-order valence-corrected chi connectivity index (χ1v) is 18.7. The molecule has 4 aromatic heterocycles. The van der Waals surface area contributed by atoms with E-state index in [1.165, 1.54) is 10.8 Å². The number of aromatic nitrogens is 5. The van der Waals surface area contributed by atoms with E-state index in [1.807, 2.05) is 72.8 Å². The Morgan fingerprint density at radius 1 is 0.357 bits per heavy atom. The van der Waals surface area contributed by atoms with Gasteiger partial charge in [-0.05, 0) is 56.9 Å². The Kier molecular flexibility index (Phi) is 6.53. The quantitative estimate of drug-likeness (QED) is 0.170. The lowest BCUT2D eigenvalue weighted by Gasteiger charge is -2.14. The van der Waals surface area contributed by atoms with Crippen molar-refractivity contribution in [1.29, 1.82) is 0 Å². The fourth-order valence-electron chi connectivity index (χ4n) is 8.44. The Hall–Kier alpha value is -7.70. The fourth-order valence-corrected chi connectivity index (χ4v) is 8.44. The van der Waals surface area contributed by atoms with Gasteiger partial charge in [-0.15, -0.1) is 0 Å². The number of benzene rings is 8. The molecule has 4 heterocycles. The summed E-state index contributed by atoms with van der Waals surface area (Å²) in [6.45, 7) is 0. The smallest absolute Gasteiger partial charge is 0.164 e. The van der Waals surface area contributed by atoms with Gasteiger partial charge in [-0.25, -0.2) is 19.9 Å². The number of pyridine rings is 1. The van der Waals surface area contributed by atoms with Crippen molar-refractivity contribution in [3.8, 4) is 45.3 Å². The van der Waals surface area contributed by atoms with Crippen molar-refractivity contribution >= 4 is 70.9 Å². The number of fused-ring (bicyclic) bond motifs is 12. The molecule has 0 aliphatic carbocycles. The van der Waals surface area contributed by atoms with Crippen molar-refractivity contribution in [2.45, 2.75) is 0 Å². The molecule has 0 spiro atoms. The van der Waals surface area contributed by atoms with Gasteiger partial charge in [0.15, 0.2) is 23.1 Å². The lowest BCUT2D eigenvalue weighted by atomic mass is 9.92. The largest absolute Gasteiger partial charge is 0.455 e. The van der Waals surface area contributed by atoms with Crippen LogP contribution in [0, 0.1) is 0 Å². The summed E-state index contributed by atoms with van der Waals surface area (Å²) >= 11 is 0. The molecule has 260 valence electrons. The van der Waals surface area contributed by atoms with Crippen LogP contribution < -0.4 is 0 Å². The van der Waals surface area contributed by atoms with Crippen LogP contribution in [0.4, 0.5) is 0 Å². The molecule has 0 aliphatic heterocycles. The molecule has 56 heavy (non-hydrogen) atoms. The van der Waals surface area contributed by atoms with Crippen LogP contribution in [0.15, 0.2) is 180 Å². The maximum Gasteiger partial charge on any atom is 0.164 e. The molecule has 0 aliphatic rings. The first kappa shape index (κ1) is 30.7. The van der Waals surface area contributed by atoms with E-state index in [1.54, 1.807) is 0 Å². The number of hydrogen-bond acceptors (Lipinski definition) is 5. The summed E-state index contributed by atoms with van der Waals surface area (Å²) in [6.07, 6.45) is 2.10. The van der Waals surface area contributed by atoms with Gasteiger partial charge in [-0.2, -0.15) is 0 Å². The van der Waals surface area contributed by atoms with Crippen molar-refractivity contribution in [3.05, 3.63) is 176 Å². The Morgan fingerprint density at radius 2 is 0.946 bits per heavy atom. The minimum atomic E-state index is 0.638. The van der Waals surface area contributed by atoms with Gasteiger partial charge < -0.3 is 4.42 Å². The molecule has 0 bridgehead atoms. The zero-order valence-electron chi connectivity index (χ0n) is 29.9. The van der Waals surface area contributed by atoms with Crippen LogP contribution >= 0.6 is 0 Å². The zero-order chi connectivity index (χ0) is 36.7. The average Bonchev–Trinajstić information content (AvgIpc) is 3.83. The highest BCUT2D eigenvalue weighted by atomic mass is 16.3. The predicted molar refractivity (Wildman–Crippen MR) is 228 cm³/mol. The highest BCUT2D eigenvalue weighted by Gasteiger charge is 2.19. The topological polar surface area (TPSA) is 69.1 Å². The van der Waals surface area contributed by atoms with Crippen molar-refractivity contribution in [1.82, 2.24) is 24.3 Å². The van der Waals surface area contributed by atoms with E-state index in [9.17, 15) is 0 Å². The van der Waals surface area contributed by atoms with E-state index in [2.05, 4.69) is 108 Å². The van der Waals surface area contributed by atoms with Crippen LogP contribution in [0.1, 0.15) is 0 Å². The summed E-state index contributed by atoms with van der Waals surface area (Å²) in [5.41, 5.74) is 9.77. The van der Waals surface area contributed by atoms with E-state index in [0.717, 1.165) is 88.0 Å². The second-order valence-corrected chi connectivity index (χ2v) is 14.2. The summed E-state index contributed by atoms with van der Waals surface area (Å²) in [4.78, 5) is 20.3. The minimum Gasteiger partial charge on any atom is -0.455 e. The second-order valence-electron chi connectivity index (χ2n) is 14.2. The van der Waals surface area contributed by atoms with Gasteiger partial charge >= 0.3 is 0 Å². The molecular formula is C50H29N5O. The zero-order valence-corrected chi connectivity index (χ0v) is 29.9. The summed E-state index contributed by atoms with van der Waals surface area (Å²) in [5.74, 6) is 1.92. The lowest BCUT2D eigenvalue weighted by molar-refractivity contribution is 0.666. The minimum absolute atomic E-state index is 0.638. The van der Waals surface area contributed by atoms with E-state index in [4.69, 9.17) is 24.4 Å². The molecular weight excluding hydrogens is 687 g/mol. The first-order valence-electron chi connectivity index (χ1n) is 18.7. The number of hydrogen-bond donors (Lipinski definition) is 0. The molecule has 0 atom stereocenters. The van der Waals surface area contributed by atoms with Gasteiger partial charge in [-0.3, -0.25) is 4.40 Å². The maximum absolute atomic E-state index is 6.33. The third kappa shape index (κ3) is 4.63. The Balaban J connectivity index is 1.07. The maximum atomic E-state index is 6.33. The Morgan fingerprint density at radius 3 is 1.68 bits per heavy atom. The van der Waals surface area contributed by atoms with Gasteiger partial charge in [0.05, 0.1) is 17.2 Å². The van der Waals surface area contributed by atoms with Gasteiger partial charge in [0, 0.05) is 38.2 Å². The Labute approximate surface area is 320 Å². The Bertz CT molecular complexity index is 3480. The summed E-state index contributed by atoms with van der Waals surface area (Å²) in [6, 6.07) is 58.9. The van der Waals surface area contributed by atoms with Crippen molar-refractivity contribution in [2.75, 3.05) is 0 Å². The molecule has 8 aromatic carbocycles.